The number of hydrogen-bond acceptors (Lipinski definition) is 0. The molecule has 112 valence electrons. The van der Waals surface area contributed by atoms with Crippen molar-refractivity contribution in [3.8, 4) is 23.7 Å². The topological polar surface area (TPSA) is 0 Å². The summed E-state index contributed by atoms with van der Waals surface area (Å²) in [5.74, 6) is 13.3. The van der Waals surface area contributed by atoms with Crippen molar-refractivity contribution in [1.29, 1.82) is 0 Å². The van der Waals surface area contributed by atoms with Gasteiger partial charge in [0.1, 0.15) is 0 Å². The monoisotopic (exact) mass is 288 g/mol. The standard InChI is InChI=1S/C22H24/c1-21(2,3)15-13-17-11-12-18(14-16-22(4,5)6)20-10-8-7-9-19(17)20/h7-12H,1-6H3. The Morgan fingerprint density at radius 2 is 0.955 bits per heavy atom. The van der Waals surface area contributed by atoms with Crippen LogP contribution >= 0.6 is 0 Å². The molecule has 22 heavy (non-hydrogen) atoms. The van der Waals surface area contributed by atoms with Crippen LogP contribution in [-0.2, 0) is 0 Å². The first-order valence-corrected chi connectivity index (χ1v) is 7.74. The highest BCUT2D eigenvalue weighted by Gasteiger charge is 2.07. The van der Waals surface area contributed by atoms with E-state index in [4.69, 9.17) is 0 Å². The van der Waals surface area contributed by atoms with E-state index in [1.807, 2.05) is 0 Å². The van der Waals surface area contributed by atoms with Crippen LogP contribution in [0.4, 0.5) is 0 Å². The Morgan fingerprint density at radius 1 is 0.591 bits per heavy atom. The van der Waals surface area contributed by atoms with Crippen LogP contribution < -0.4 is 0 Å². The van der Waals surface area contributed by atoms with E-state index in [2.05, 4.69) is 102 Å². The van der Waals surface area contributed by atoms with Crippen LogP contribution in [0.5, 0.6) is 0 Å². The van der Waals surface area contributed by atoms with E-state index in [-0.39, 0.29) is 10.8 Å². The Morgan fingerprint density at radius 3 is 1.27 bits per heavy atom. The molecular weight excluding hydrogens is 264 g/mol. The van der Waals surface area contributed by atoms with Crippen molar-refractivity contribution in [3.05, 3.63) is 47.5 Å². The van der Waals surface area contributed by atoms with E-state index in [0.717, 1.165) is 11.1 Å². The third-order valence-corrected chi connectivity index (χ3v) is 3.07. The van der Waals surface area contributed by atoms with Gasteiger partial charge in [-0.15, -0.1) is 0 Å². The maximum absolute atomic E-state index is 3.33. The Bertz CT molecular complexity index is 730. The fraction of sp³-hybridized carbons (Fsp3) is 0.364. The first-order valence-electron chi connectivity index (χ1n) is 7.74. The van der Waals surface area contributed by atoms with Crippen molar-refractivity contribution in [2.45, 2.75) is 41.5 Å². The molecule has 2 rings (SSSR count). The number of hydrogen-bond donors (Lipinski definition) is 0. The van der Waals surface area contributed by atoms with Gasteiger partial charge in [-0.1, -0.05) is 47.9 Å². The minimum Gasteiger partial charge on any atom is -0.0919 e. The molecule has 0 fully saturated rings. The van der Waals surface area contributed by atoms with Gasteiger partial charge in [0.15, 0.2) is 0 Å². The zero-order valence-corrected chi connectivity index (χ0v) is 14.5. The normalized spacial score (nSPS) is 11.4. The highest BCUT2D eigenvalue weighted by molar-refractivity contribution is 5.92. The van der Waals surface area contributed by atoms with Crippen molar-refractivity contribution in [2.75, 3.05) is 0 Å². The molecule has 0 bridgehead atoms. The summed E-state index contributed by atoms with van der Waals surface area (Å²) < 4.78 is 0. The first-order chi connectivity index (χ1) is 10.2. The Balaban J connectivity index is 2.61. The molecule has 0 nitrogen and oxygen atoms in total. The van der Waals surface area contributed by atoms with Gasteiger partial charge in [-0.2, -0.15) is 0 Å². The molecule has 0 unspecified atom stereocenters. The molecule has 0 saturated carbocycles. The molecule has 0 radical (unpaired) electrons. The van der Waals surface area contributed by atoms with Gasteiger partial charge in [-0.05, 0) is 64.4 Å². The number of rotatable bonds is 0. The van der Waals surface area contributed by atoms with Gasteiger partial charge < -0.3 is 0 Å². The minimum atomic E-state index is 0.00577. The van der Waals surface area contributed by atoms with Crippen LogP contribution in [-0.4, -0.2) is 0 Å². The van der Waals surface area contributed by atoms with E-state index < -0.39 is 0 Å². The van der Waals surface area contributed by atoms with Crippen molar-refractivity contribution < 1.29 is 0 Å². The lowest BCUT2D eigenvalue weighted by Crippen LogP contribution is -2.00. The fourth-order valence-electron chi connectivity index (χ4n) is 2.03. The quantitative estimate of drug-likeness (QED) is 0.551. The lowest BCUT2D eigenvalue weighted by molar-refractivity contribution is 0.570. The van der Waals surface area contributed by atoms with Gasteiger partial charge in [0.2, 0.25) is 0 Å². The summed E-state index contributed by atoms with van der Waals surface area (Å²) in [6, 6.07) is 12.6. The highest BCUT2D eigenvalue weighted by atomic mass is 14.1. The first kappa shape index (κ1) is 16.2. The molecule has 2 aromatic carbocycles. The lowest BCUT2D eigenvalue weighted by Gasteiger charge is -2.09. The molecule has 0 amide bonds. The molecule has 0 atom stereocenters. The largest absolute Gasteiger partial charge is 0.0919 e. The maximum atomic E-state index is 3.33. The van der Waals surface area contributed by atoms with Gasteiger partial charge in [0.25, 0.3) is 0 Å². The van der Waals surface area contributed by atoms with Gasteiger partial charge in [0.05, 0.1) is 0 Å². The van der Waals surface area contributed by atoms with Crippen LogP contribution in [0.2, 0.25) is 0 Å². The van der Waals surface area contributed by atoms with Crippen LogP contribution in [0, 0.1) is 34.5 Å². The summed E-state index contributed by atoms with van der Waals surface area (Å²) in [6.45, 7) is 12.8. The third kappa shape index (κ3) is 4.41. The smallest absolute Gasteiger partial charge is 0.0324 e. The third-order valence-electron chi connectivity index (χ3n) is 3.07. The summed E-state index contributed by atoms with van der Waals surface area (Å²) in [5, 5.41) is 2.36. The van der Waals surface area contributed by atoms with Crippen LogP contribution in [0.3, 0.4) is 0 Å². The molecule has 0 saturated heterocycles. The van der Waals surface area contributed by atoms with Gasteiger partial charge in [-0.25, -0.2) is 0 Å². The average molecular weight is 288 g/mol. The van der Waals surface area contributed by atoms with E-state index >= 15 is 0 Å². The second kappa shape index (κ2) is 5.90. The van der Waals surface area contributed by atoms with E-state index in [1.165, 1.54) is 10.8 Å². The predicted octanol–water partition coefficient (Wildman–Crippen LogP) is 5.64. The summed E-state index contributed by atoms with van der Waals surface area (Å²) in [7, 11) is 0. The minimum absolute atomic E-state index is 0.00577. The summed E-state index contributed by atoms with van der Waals surface area (Å²) in [6.07, 6.45) is 0. The molecule has 0 aliphatic heterocycles. The maximum Gasteiger partial charge on any atom is 0.0324 e. The van der Waals surface area contributed by atoms with Gasteiger partial charge in [-0.3, -0.25) is 0 Å². The fourth-order valence-corrected chi connectivity index (χ4v) is 2.03. The molecular formula is C22H24. The zero-order chi connectivity index (χ0) is 16.4. The number of benzene rings is 2. The number of fused-ring (bicyclic) bond motifs is 1. The van der Waals surface area contributed by atoms with Crippen LogP contribution in [0.1, 0.15) is 52.7 Å². The van der Waals surface area contributed by atoms with Crippen molar-refractivity contribution in [1.82, 2.24) is 0 Å². The molecule has 0 aliphatic carbocycles. The van der Waals surface area contributed by atoms with Crippen molar-refractivity contribution in [2.24, 2.45) is 10.8 Å². The predicted molar refractivity (Wildman–Crippen MR) is 96.6 cm³/mol. The molecule has 2 aromatic rings. The molecule has 0 heteroatoms. The molecule has 0 heterocycles. The summed E-state index contributed by atoms with van der Waals surface area (Å²) in [5.41, 5.74) is 2.16. The van der Waals surface area contributed by atoms with Crippen LogP contribution in [0.15, 0.2) is 36.4 Å². The van der Waals surface area contributed by atoms with Crippen molar-refractivity contribution >= 4 is 10.8 Å². The van der Waals surface area contributed by atoms with Crippen molar-refractivity contribution in [3.63, 3.8) is 0 Å². The van der Waals surface area contributed by atoms with Gasteiger partial charge in [0, 0.05) is 22.0 Å². The molecule has 0 spiro atoms. The SMILES string of the molecule is CC(C)(C)C#Cc1ccc(C#CC(C)(C)C)c2ccccc12. The van der Waals surface area contributed by atoms with Gasteiger partial charge >= 0.3 is 0 Å². The zero-order valence-electron chi connectivity index (χ0n) is 14.5. The van der Waals surface area contributed by atoms with Crippen LogP contribution in [0.25, 0.3) is 10.8 Å². The second-order valence-corrected chi connectivity index (χ2v) is 7.71. The summed E-state index contributed by atoms with van der Waals surface area (Å²) >= 11 is 0. The van der Waals surface area contributed by atoms with E-state index in [0.29, 0.717) is 0 Å². The molecule has 0 N–H and O–H groups in total. The Hall–Kier alpha value is -2.18. The average Bonchev–Trinajstić information content (AvgIpc) is 2.41. The summed E-state index contributed by atoms with van der Waals surface area (Å²) in [4.78, 5) is 0. The Labute approximate surface area is 134 Å². The second-order valence-electron chi connectivity index (χ2n) is 7.71. The molecule has 0 aliphatic rings. The van der Waals surface area contributed by atoms with E-state index in [9.17, 15) is 0 Å². The van der Waals surface area contributed by atoms with E-state index in [1.54, 1.807) is 0 Å². The highest BCUT2D eigenvalue weighted by Crippen LogP contribution is 2.23. The molecule has 0 aromatic heterocycles. The Kier molecular flexibility index (Phi) is 4.35. The lowest BCUT2D eigenvalue weighted by atomic mass is 9.94.